The summed E-state index contributed by atoms with van der Waals surface area (Å²) in [6.45, 7) is 4.89. The van der Waals surface area contributed by atoms with Crippen LogP contribution in [0.25, 0.3) is 5.76 Å². The normalized spacial score (nSPS) is 16.6. The highest BCUT2D eigenvalue weighted by Gasteiger charge is 2.47. The number of aryl methyl sites for hydroxylation is 2. The standard InChI is InChI=1S/C29H27NO7/c1-16-13-24(36-5)17(2)12-23(16)27(32)25-26(19-8-6-11-22(14-19)37-18(3)31)30(29(34)28(25)33)20-9-7-10-21(15-20)35-4/h6-15,26,32H,1-5H3/b27-25+. The monoisotopic (exact) mass is 501 g/mol. The van der Waals surface area contributed by atoms with Gasteiger partial charge in [-0.3, -0.25) is 19.3 Å². The molecular weight excluding hydrogens is 474 g/mol. The molecule has 3 aromatic rings. The van der Waals surface area contributed by atoms with Gasteiger partial charge in [0.15, 0.2) is 0 Å². The maximum absolute atomic E-state index is 13.5. The molecule has 0 bridgehead atoms. The van der Waals surface area contributed by atoms with Crippen LogP contribution >= 0.6 is 0 Å². The number of Topliss-reactive ketones (excluding diaryl/α,β-unsaturated/α-hetero) is 1. The number of benzene rings is 3. The van der Waals surface area contributed by atoms with Crippen LogP contribution in [0.2, 0.25) is 0 Å². The second-order valence-corrected chi connectivity index (χ2v) is 8.67. The first kappa shape index (κ1) is 25.5. The lowest BCUT2D eigenvalue weighted by molar-refractivity contribution is -0.132. The summed E-state index contributed by atoms with van der Waals surface area (Å²) in [5.74, 6) is -1.09. The van der Waals surface area contributed by atoms with E-state index < -0.39 is 23.7 Å². The van der Waals surface area contributed by atoms with Crippen LogP contribution in [0, 0.1) is 13.8 Å². The molecule has 1 amide bonds. The summed E-state index contributed by atoms with van der Waals surface area (Å²) in [5.41, 5.74) is 2.63. The Labute approximate surface area is 214 Å². The summed E-state index contributed by atoms with van der Waals surface area (Å²) in [4.78, 5) is 39.8. The van der Waals surface area contributed by atoms with Gasteiger partial charge < -0.3 is 19.3 Å². The van der Waals surface area contributed by atoms with E-state index in [-0.39, 0.29) is 17.1 Å². The Balaban J connectivity index is 1.98. The zero-order valence-corrected chi connectivity index (χ0v) is 21.2. The Bertz CT molecular complexity index is 1440. The van der Waals surface area contributed by atoms with Crippen LogP contribution in [0.15, 0.2) is 66.2 Å². The molecule has 0 radical (unpaired) electrons. The highest BCUT2D eigenvalue weighted by molar-refractivity contribution is 6.51. The molecule has 0 saturated carbocycles. The number of ketones is 1. The number of methoxy groups -OCH3 is 2. The Kier molecular flexibility index (Phi) is 7.02. The van der Waals surface area contributed by atoms with Crippen LogP contribution in [0.5, 0.6) is 17.2 Å². The van der Waals surface area contributed by atoms with Crippen molar-refractivity contribution in [2.75, 3.05) is 19.1 Å². The molecule has 1 aliphatic heterocycles. The van der Waals surface area contributed by atoms with Crippen molar-refractivity contribution in [3.05, 3.63) is 88.5 Å². The van der Waals surface area contributed by atoms with Crippen LogP contribution in [-0.2, 0) is 14.4 Å². The maximum atomic E-state index is 13.5. The molecule has 1 N–H and O–H groups in total. The van der Waals surface area contributed by atoms with Crippen molar-refractivity contribution in [3.8, 4) is 17.2 Å². The predicted molar refractivity (Wildman–Crippen MR) is 138 cm³/mol. The SMILES string of the molecule is COc1cccc(N2C(=O)C(=O)/C(=C(/O)c3cc(C)c(OC)cc3C)C2c2cccc(OC(C)=O)c2)c1. The summed E-state index contributed by atoms with van der Waals surface area (Å²) in [6.07, 6.45) is 0. The highest BCUT2D eigenvalue weighted by atomic mass is 16.5. The van der Waals surface area contributed by atoms with Gasteiger partial charge in [0.2, 0.25) is 0 Å². The summed E-state index contributed by atoms with van der Waals surface area (Å²) < 4.78 is 15.9. The Hall–Kier alpha value is -4.59. The highest BCUT2D eigenvalue weighted by Crippen LogP contribution is 2.44. The molecule has 1 heterocycles. The summed E-state index contributed by atoms with van der Waals surface area (Å²) in [7, 11) is 3.05. The lowest BCUT2D eigenvalue weighted by Crippen LogP contribution is -2.29. The molecule has 8 heteroatoms. The molecule has 0 aromatic heterocycles. The average molecular weight is 502 g/mol. The van der Waals surface area contributed by atoms with E-state index in [1.54, 1.807) is 74.7 Å². The zero-order valence-electron chi connectivity index (χ0n) is 21.2. The summed E-state index contributed by atoms with van der Waals surface area (Å²) in [6, 6.07) is 15.8. The van der Waals surface area contributed by atoms with Crippen LogP contribution in [0.1, 0.15) is 35.2 Å². The lowest BCUT2D eigenvalue weighted by atomic mass is 9.93. The number of nitrogens with zero attached hydrogens (tertiary/aromatic N) is 1. The lowest BCUT2D eigenvalue weighted by Gasteiger charge is -2.26. The van der Waals surface area contributed by atoms with Gasteiger partial charge in [0.25, 0.3) is 11.7 Å². The number of carbonyl (C=O) groups excluding carboxylic acids is 3. The number of hydrogen-bond acceptors (Lipinski definition) is 7. The summed E-state index contributed by atoms with van der Waals surface area (Å²) >= 11 is 0. The molecule has 1 aliphatic rings. The number of amides is 1. The van der Waals surface area contributed by atoms with E-state index in [2.05, 4.69) is 0 Å². The van der Waals surface area contributed by atoms with Crippen LogP contribution in [0.4, 0.5) is 5.69 Å². The van der Waals surface area contributed by atoms with Crippen molar-refractivity contribution < 1.29 is 33.7 Å². The quantitative estimate of drug-likeness (QED) is 0.169. The van der Waals surface area contributed by atoms with E-state index in [0.29, 0.717) is 33.9 Å². The van der Waals surface area contributed by atoms with Gasteiger partial charge in [-0.1, -0.05) is 18.2 Å². The van der Waals surface area contributed by atoms with Gasteiger partial charge in [-0.05, 0) is 66.9 Å². The number of carbonyl (C=O) groups is 3. The smallest absolute Gasteiger partial charge is 0.308 e. The van der Waals surface area contributed by atoms with Crippen molar-refractivity contribution in [3.63, 3.8) is 0 Å². The van der Waals surface area contributed by atoms with Crippen LogP contribution < -0.4 is 19.1 Å². The molecule has 1 saturated heterocycles. The zero-order chi connectivity index (χ0) is 26.9. The third-order valence-electron chi connectivity index (χ3n) is 6.21. The predicted octanol–water partition coefficient (Wildman–Crippen LogP) is 4.87. The van der Waals surface area contributed by atoms with Crippen molar-refractivity contribution in [1.29, 1.82) is 0 Å². The van der Waals surface area contributed by atoms with E-state index in [9.17, 15) is 19.5 Å². The molecule has 8 nitrogen and oxygen atoms in total. The van der Waals surface area contributed by atoms with Gasteiger partial charge in [0.1, 0.15) is 23.0 Å². The van der Waals surface area contributed by atoms with Gasteiger partial charge >= 0.3 is 5.97 Å². The fourth-order valence-electron chi connectivity index (χ4n) is 4.50. The topological polar surface area (TPSA) is 102 Å². The van der Waals surface area contributed by atoms with E-state index in [1.807, 2.05) is 6.92 Å². The first-order valence-electron chi connectivity index (χ1n) is 11.5. The minimum atomic E-state index is -0.996. The third kappa shape index (κ3) is 4.78. The molecule has 3 aromatic carbocycles. The molecule has 4 rings (SSSR count). The fraction of sp³-hybridized carbons (Fsp3) is 0.207. The summed E-state index contributed by atoms with van der Waals surface area (Å²) in [5, 5.41) is 11.5. The minimum Gasteiger partial charge on any atom is -0.507 e. The number of aliphatic hydroxyl groups is 1. The molecule has 1 unspecified atom stereocenters. The second kappa shape index (κ2) is 10.2. The van der Waals surface area contributed by atoms with Gasteiger partial charge in [0.05, 0.1) is 25.8 Å². The fourth-order valence-corrected chi connectivity index (χ4v) is 4.50. The minimum absolute atomic E-state index is 0.0829. The third-order valence-corrected chi connectivity index (χ3v) is 6.21. The molecule has 0 spiro atoms. The Morgan fingerprint density at radius 3 is 2.27 bits per heavy atom. The molecule has 1 fully saturated rings. The van der Waals surface area contributed by atoms with Crippen LogP contribution in [-0.4, -0.2) is 37.0 Å². The maximum Gasteiger partial charge on any atom is 0.308 e. The van der Waals surface area contributed by atoms with Gasteiger partial charge in [-0.25, -0.2) is 0 Å². The molecule has 37 heavy (non-hydrogen) atoms. The Morgan fingerprint density at radius 1 is 0.892 bits per heavy atom. The average Bonchev–Trinajstić information content (AvgIpc) is 3.14. The van der Waals surface area contributed by atoms with Crippen molar-refractivity contribution >= 4 is 29.1 Å². The number of hydrogen-bond donors (Lipinski definition) is 1. The number of rotatable bonds is 6. The Morgan fingerprint density at radius 2 is 1.59 bits per heavy atom. The van der Waals surface area contributed by atoms with Gasteiger partial charge in [-0.2, -0.15) is 0 Å². The molecular formula is C29H27NO7. The van der Waals surface area contributed by atoms with E-state index in [4.69, 9.17) is 14.2 Å². The van der Waals surface area contributed by atoms with Crippen molar-refractivity contribution in [2.24, 2.45) is 0 Å². The number of ether oxygens (including phenoxy) is 3. The number of esters is 1. The number of aliphatic hydroxyl groups excluding tert-OH is 1. The first-order valence-corrected chi connectivity index (χ1v) is 11.5. The van der Waals surface area contributed by atoms with Gasteiger partial charge in [-0.15, -0.1) is 0 Å². The van der Waals surface area contributed by atoms with E-state index in [0.717, 1.165) is 5.56 Å². The first-order chi connectivity index (χ1) is 17.7. The van der Waals surface area contributed by atoms with Crippen LogP contribution in [0.3, 0.4) is 0 Å². The van der Waals surface area contributed by atoms with E-state index in [1.165, 1.54) is 18.9 Å². The molecule has 190 valence electrons. The number of anilines is 1. The van der Waals surface area contributed by atoms with Crippen molar-refractivity contribution in [2.45, 2.75) is 26.8 Å². The molecule has 0 aliphatic carbocycles. The van der Waals surface area contributed by atoms with Gasteiger partial charge in [0, 0.05) is 24.2 Å². The molecule has 1 atom stereocenters. The largest absolute Gasteiger partial charge is 0.507 e. The second-order valence-electron chi connectivity index (χ2n) is 8.67. The van der Waals surface area contributed by atoms with E-state index >= 15 is 0 Å². The van der Waals surface area contributed by atoms with Crippen molar-refractivity contribution in [1.82, 2.24) is 0 Å².